The van der Waals surface area contributed by atoms with E-state index in [9.17, 15) is 0 Å². The van der Waals surface area contributed by atoms with Crippen LogP contribution in [0.3, 0.4) is 0 Å². The third-order valence-corrected chi connectivity index (χ3v) is 3.17. The second kappa shape index (κ2) is 5.87. The van der Waals surface area contributed by atoms with Crippen molar-refractivity contribution in [2.24, 2.45) is 0 Å². The summed E-state index contributed by atoms with van der Waals surface area (Å²) in [5.41, 5.74) is 1.28. The molecule has 18 heavy (non-hydrogen) atoms. The van der Waals surface area contributed by atoms with E-state index in [2.05, 4.69) is 73.6 Å². The number of likely N-dealkylation sites (N-methyl/N-ethyl adjacent to an activating group) is 1. The molecule has 2 nitrogen and oxygen atoms in total. The van der Waals surface area contributed by atoms with Gasteiger partial charge in [0, 0.05) is 31.9 Å². The van der Waals surface area contributed by atoms with Crippen LogP contribution in [0.15, 0.2) is 42.5 Å². The van der Waals surface area contributed by atoms with Crippen molar-refractivity contribution in [2.45, 2.75) is 19.9 Å². The van der Waals surface area contributed by atoms with Crippen LogP contribution in [0, 0.1) is 0 Å². The molecule has 0 amide bonds. The maximum Gasteiger partial charge on any atom is 0.0370 e. The fourth-order valence-electron chi connectivity index (χ4n) is 2.06. The summed E-state index contributed by atoms with van der Waals surface area (Å²) in [7, 11) is 2.14. The van der Waals surface area contributed by atoms with E-state index >= 15 is 0 Å². The maximum absolute atomic E-state index is 3.44. The number of hydrogen-bond acceptors (Lipinski definition) is 2. The Morgan fingerprint density at radius 2 is 1.78 bits per heavy atom. The van der Waals surface area contributed by atoms with E-state index in [1.165, 1.54) is 16.5 Å². The van der Waals surface area contributed by atoms with Crippen LogP contribution in [0.2, 0.25) is 0 Å². The van der Waals surface area contributed by atoms with Crippen molar-refractivity contribution in [1.29, 1.82) is 0 Å². The van der Waals surface area contributed by atoms with E-state index in [0.29, 0.717) is 6.04 Å². The largest absolute Gasteiger partial charge is 0.373 e. The van der Waals surface area contributed by atoms with E-state index in [4.69, 9.17) is 0 Å². The van der Waals surface area contributed by atoms with Crippen molar-refractivity contribution in [3.63, 3.8) is 0 Å². The van der Waals surface area contributed by atoms with E-state index in [1.807, 2.05) is 0 Å². The van der Waals surface area contributed by atoms with Gasteiger partial charge in [0.05, 0.1) is 0 Å². The molecule has 0 aromatic heterocycles. The second-order valence-corrected chi connectivity index (χ2v) is 5.06. The van der Waals surface area contributed by atoms with Crippen molar-refractivity contribution in [3.05, 3.63) is 42.5 Å². The van der Waals surface area contributed by atoms with Gasteiger partial charge in [0.2, 0.25) is 0 Å². The molecular weight excluding hydrogens is 220 g/mol. The molecule has 0 fully saturated rings. The van der Waals surface area contributed by atoms with E-state index in [-0.39, 0.29) is 0 Å². The Morgan fingerprint density at radius 1 is 1.06 bits per heavy atom. The van der Waals surface area contributed by atoms with Crippen molar-refractivity contribution < 1.29 is 0 Å². The number of rotatable bonds is 5. The Kier molecular flexibility index (Phi) is 4.21. The lowest BCUT2D eigenvalue weighted by Crippen LogP contribution is -2.32. The summed E-state index contributed by atoms with van der Waals surface area (Å²) in [6.45, 7) is 6.39. The Hall–Kier alpha value is -1.54. The quantitative estimate of drug-likeness (QED) is 0.865. The monoisotopic (exact) mass is 242 g/mol. The van der Waals surface area contributed by atoms with Crippen molar-refractivity contribution in [3.8, 4) is 0 Å². The molecule has 0 aliphatic rings. The standard InChI is InChI=1S/C16H22N2/c1-13(2)17-10-11-18(3)16-9-8-14-6-4-5-7-15(14)12-16/h4-9,12-13,17H,10-11H2,1-3H3. The molecule has 0 saturated heterocycles. The fourth-order valence-corrected chi connectivity index (χ4v) is 2.06. The first-order valence-electron chi connectivity index (χ1n) is 6.60. The molecular formula is C16H22N2. The lowest BCUT2D eigenvalue weighted by molar-refractivity contribution is 0.589. The van der Waals surface area contributed by atoms with Gasteiger partial charge in [-0.05, 0) is 22.9 Å². The summed E-state index contributed by atoms with van der Waals surface area (Å²) >= 11 is 0. The van der Waals surface area contributed by atoms with Gasteiger partial charge in [0.25, 0.3) is 0 Å². The molecule has 0 radical (unpaired) electrons. The Balaban J connectivity index is 2.06. The predicted molar refractivity (Wildman–Crippen MR) is 80.4 cm³/mol. The van der Waals surface area contributed by atoms with Crippen LogP contribution in [0.4, 0.5) is 5.69 Å². The highest BCUT2D eigenvalue weighted by Gasteiger charge is 2.02. The summed E-state index contributed by atoms with van der Waals surface area (Å²) in [6, 6.07) is 15.7. The average Bonchev–Trinajstić information content (AvgIpc) is 2.37. The molecule has 0 saturated carbocycles. The molecule has 0 aliphatic heterocycles. The summed E-state index contributed by atoms with van der Waals surface area (Å²) in [4.78, 5) is 2.29. The highest BCUT2D eigenvalue weighted by Crippen LogP contribution is 2.20. The minimum absolute atomic E-state index is 0.551. The van der Waals surface area contributed by atoms with E-state index in [1.54, 1.807) is 0 Å². The van der Waals surface area contributed by atoms with Crippen molar-refractivity contribution >= 4 is 16.5 Å². The van der Waals surface area contributed by atoms with Crippen LogP contribution in [-0.2, 0) is 0 Å². The zero-order valence-electron chi connectivity index (χ0n) is 11.5. The number of fused-ring (bicyclic) bond motifs is 1. The maximum atomic E-state index is 3.44. The normalized spacial score (nSPS) is 11.1. The molecule has 0 spiro atoms. The van der Waals surface area contributed by atoms with Crippen molar-refractivity contribution in [1.82, 2.24) is 5.32 Å². The summed E-state index contributed by atoms with van der Waals surface area (Å²) in [5.74, 6) is 0. The van der Waals surface area contributed by atoms with Crippen LogP contribution in [0.1, 0.15) is 13.8 Å². The van der Waals surface area contributed by atoms with Crippen molar-refractivity contribution in [2.75, 3.05) is 25.0 Å². The van der Waals surface area contributed by atoms with Crippen LogP contribution in [-0.4, -0.2) is 26.2 Å². The SMILES string of the molecule is CC(C)NCCN(C)c1ccc2ccccc2c1. The zero-order chi connectivity index (χ0) is 13.0. The number of nitrogens with one attached hydrogen (secondary N) is 1. The Morgan fingerprint density at radius 3 is 2.50 bits per heavy atom. The van der Waals surface area contributed by atoms with Gasteiger partial charge >= 0.3 is 0 Å². The first-order valence-corrected chi connectivity index (χ1v) is 6.60. The van der Waals surface area contributed by atoms with Crippen LogP contribution in [0.25, 0.3) is 10.8 Å². The molecule has 0 aliphatic carbocycles. The highest BCUT2D eigenvalue weighted by atomic mass is 15.1. The number of benzene rings is 2. The average molecular weight is 242 g/mol. The summed E-state index contributed by atoms with van der Waals surface area (Å²) in [6.07, 6.45) is 0. The molecule has 2 aromatic carbocycles. The number of nitrogens with zero attached hydrogens (tertiary/aromatic N) is 1. The van der Waals surface area contributed by atoms with Gasteiger partial charge in [0.15, 0.2) is 0 Å². The lowest BCUT2D eigenvalue weighted by atomic mass is 10.1. The molecule has 0 bridgehead atoms. The Labute approximate surface area is 110 Å². The molecule has 96 valence electrons. The lowest BCUT2D eigenvalue weighted by Gasteiger charge is -2.21. The topological polar surface area (TPSA) is 15.3 Å². The van der Waals surface area contributed by atoms with Gasteiger partial charge in [-0.1, -0.05) is 44.2 Å². The van der Waals surface area contributed by atoms with Crippen LogP contribution >= 0.6 is 0 Å². The molecule has 2 heteroatoms. The third-order valence-electron chi connectivity index (χ3n) is 3.17. The molecule has 1 N–H and O–H groups in total. The summed E-state index contributed by atoms with van der Waals surface area (Å²) < 4.78 is 0. The molecule has 0 unspecified atom stereocenters. The first-order chi connectivity index (χ1) is 8.66. The molecule has 0 atom stereocenters. The number of hydrogen-bond donors (Lipinski definition) is 1. The predicted octanol–water partition coefficient (Wildman–Crippen LogP) is 3.27. The van der Waals surface area contributed by atoms with Crippen LogP contribution < -0.4 is 10.2 Å². The minimum Gasteiger partial charge on any atom is -0.373 e. The molecule has 2 rings (SSSR count). The third kappa shape index (κ3) is 3.23. The van der Waals surface area contributed by atoms with E-state index < -0.39 is 0 Å². The van der Waals surface area contributed by atoms with Gasteiger partial charge in [-0.2, -0.15) is 0 Å². The van der Waals surface area contributed by atoms with Gasteiger partial charge in [-0.3, -0.25) is 0 Å². The first kappa shape index (κ1) is 12.9. The van der Waals surface area contributed by atoms with Gasteiger partial charge in [-0.15, -0.1) is 0 Å². The molecule has 2 aromatic rings. The number of anilines is 1. The molecule has 0 heterocycles. The summed E-state index contributed by atoms with van der Waals surface area (Å²) in [5, 5.41) is 6.05. The van der Waals surface area contributed by atoms with Gasteiger partial charge in [0.1, 0.15) is 0 Å². The van der Waals surface area contributed by atoms with Gasteiger partial charge < -0.3 is 10.2 Å². The second-order valence-electron chi connectivity index (χ2n) is 5.06. The zero-order valence-corrected chi connectivity index (χ0v) is 11.5. The van der Waals surface area contributed by atoms with Gasteiger partial charge in [-0.25, -0.2) is 0 Å². The highest BCUT2D eigenvalue weighted by molar-refractivity contribution is 5.85. The van der Waals surface area contributed by atoms with Crippen LogP contribution in [0.5, 0.6) is 0 Å². The smallest absolute Gasteiger partial charge is 0.0370 e. The van der Waals surface area contributed by atoms with E-state index in [0.717, 1.165) is 13.1 Å². The minimum atomic E-state index is 0.551. The fraction of sp³-hybridized carbons (Fsp3) is 0.375. The Bertz CT molecular complexity index is 505.